The van der Waals surface area contributed by atoms with Gasteiger partial charge in [-0.1, -0.05) is 6.07 Å². The van der Waals surface area contributed by atoms with E-state index in [1.165, 1.54) is 6.08 Å². The first kappa shape index (κ1) is 14.3. The van der Waals surface area contributed by atoms with Gasteiger partial charge in [0.15, 0.2) is 0 Å². The van der Waals surface area contributed by atoms with Gasteiger partial charge in [0.2, 0.25) is 0 Å². The van der Waals surface area contributed by atoms with Crippen molar-refractivity contribution in [3.63, 3.8) is 0 Å². The molecule has 2 aromatic rings. The van der Waals surface area contributed by atoms with Crippen LogP contribution in [0.1, 0.15) is 5.56 Å². The molecule has 0 fully saturated rings. The molecule has 5 nitrogen and oxygen atoms in total. The van der Waals surface area contributed by atoms with Gasteiger partial charge in [-0.15, -0.1) is 0 Å². The maximum Gasteiger partial charge on any atom is 0.266 e. The molecule has 2 rings (SSSR count). The van der Waals surface area contributed by atoms with Gasteiger partial charge in [-0.2, -0.15) is 5.26 Å². The van der Waals surface area contributed by atoms with Crippen molar-refractivity contribution in [2.75, 3.05) is 12.4 Å². The van der Waals surface area contributed by atoms with E-state index < -0.39 is 5.91 Å². The summed E-state index contributed by atoms with van der Waals surface area (Å²) in [6, 6.07) is 12.3. The summed E-state index contributed by atoms with van der Waals surface area (Å²) in [4.78, 5) is 16.0. The van der Waals surface area contributed by atoms with Crippen LogP contribution in [0, 0.1) is 11.3 Å². The van der Waals surface area contributed by atoms with Crippen molar-refractivity contribution in [1.29, 1.82) is 5.26 Å². The smallest absolute Gasteiger partial charge is 0.266 e. The quantitative estimate of drug-likeness (QED) is 0.689. The molecular weight excluding hydrogens is 266 g/mol. The Bertz CT molecular complexity index is 703. The molecule has 1 aromatic heterocycles. The van der Waals surface area contributed by atoms with Gasteiger partial charge in [-0.3, -0.25) is 9.78 Å². The lowest BCUT2D eigenvalue weighted by molar-refractivity contribution is -0.112. The number of ether oxygens (including phenoxy) is 1. The van der Waals surface area contributed by atoms with Gasteiger partial charge in [0.25, 0.3) is 5.91 Å². The number of carbonyl (C=O) groups excluding carboxylic acids is 1. The van der Waals surface area contributed by atoms with Gasteiger partial charge in [0.05, 0.1) is 7.11 Å². The fraction of sp³-hybridized carbons (Fsp3) is 0.0625. The number of nitriles is 1. The Morgan fingerprint density at radius 2 is 2.10 bits per heavy atom. The molecule has 0 aliphatic heterocycles. The van der Waals surface area contributed by atoms with Crippen molar-refractivity contribution < 1.29 is 9.53 Å². The van der Waals surface area contributed by atoms with Crippen LogP contribution in [0.5, 0.6) is 5.75 Å². The van der Waals surface area contributed by atoms with Crippen molar-refractivity contribution in [2.45, 2.75) is 0 Å². The molecule has 0 aliphatic rings. The second-order valence-corrected chi connectivity index (χ2v) is 4.14. The van der Waals surface area contributed by atoms with Gasteiger partial charge in [-0.25, -0.2) is 0 Å². The van der Waals surface area contributed by atoms with Crippen molar-refractivity contribution in [1.82, 2.24) is 4.98 Å². The Labute approximate surface area is 122 Å². The molecule has 0 saturated heterocycles. The SMILES string of the molecule is COc1cccc(NC(=O)/C(C#N)=C\c2ccncc2)c1. The number of anilines is 1. The van der Waals surface area contributed by atoms with E-state index in [0.29, 0.717) is 11.4 Å². The number of amides is 1. The molecule has 0 unspecified atom stereocenters. The molecule has 0 saturated carbocycles. The normalized spacial score (nSPS) is 10.6. The van der Waals surface area contributed by atoms with Crippen molar-refractivity contribution >= 4 is 17.7 Å². The predicted octanol–water partition coefficient (Wildman–Crippen LogP) is 2.64. The molecule has 5 heteroatoms. The largest absolute Gasteiger partial charge is 0.497 e. The maximum absolute atomic E-state index is 12.1. The number of methoxy groups -OCH3 is 1. The number of nitrogens with one attached hydrogen (secondary N) is 1. The standard InChI is InChI=1S/C16H13N3O2/c1-21-15-4-2-3-14(10-15)19-16(20)13(11-17)9-12-5-7-18-8-6-12/h2-10H,1H3,(H,19,20)/b13-9-. The van der Waals surface area contributed by atoms with Crippen molar-refractivity contribution in [3.05, 3.63) is 59.9 Å². The first-order valence-electron chi connectivity index (χ1n) is 6.20. The van der Waals surface area contributed by atoms with E-state index in [2.05, 4.69) is 10.3 Å². The zero-order valence-corrected chi connectivity index (χ0v) is 11.4. The lowest BCUT2D eigenvalue weighted by Gasteiger charge is -2.06. The monoisotopic (exact) mass is 279 g/mol. The summed E-state index contributed by atoms with van der Waals surface area (Å²) in [6.45, 7) is 0. The third kappa shape index (κ3) is 3.91. The molecule has 1 N–H and O–H groups in total. The summed E-state index contributed by atoms with van der Waals surface area (Å²) < 4.78 is 5.08. The van der Waals surface area contributed by atoms with Crippen LogP contribution < -0.4 is 10.1 Å². The number of aromatic nitrogens is 1. The lowest BCUT2D eigenvalue weighted by Crippen LogP contribution is -2.13. The first-order valence-corrected chi connectivity index (χ1v) is 6.20. The zero-order chi connectivity index (χ0) is 15.1. The van der Waals surface area contributed by atoms with Crippen LogP contribution in [0.4, 0.5) is 5.69 Å². The predicted molar refractivity (Wildman–Crippen MR) is 79.5 cm³/mol. The fourth-order valence-corrected chi connectivity index (χ4v) is 1.67. The number of benzene rings is 1. The minimum absolute atomic E-state index is 0.0176. The van der Waals surface area contributed by atoms with Crippen LogP contribution in [0.3, 0.4) is 0 Å². The van der Waals surface area contributed by atoms with E-state index in [1.807, 2.05) is 6.07 Å². The summed E-state index contributed by atoms with van der Waals surface area (Å²) in [5, 5.41) is 11.8. The molecular formula is C16H13N3O2. The highest BCUT2D eigenvalue weighted by atomic mass is 16.5. The fourth-order valence-electron chi connectivity index (χ4n) is 1.67. The molecule has 1 amide bonds. The highest BCUT2D eigenvalue weighted by Gasteiger charge is 2.09. The molecule has 0 atom stereocenters. The highest BCUT2D eigenvalue weighted by molar-refractivity contribution is 6.09. The maximum atomic E-state index is 12.1. The van der Waals surface area contributed by atoms with Crippen LogP contribution in [-0.2, 0) is 4.79 Å². The number of rotatable bonds is 4. The molecule has 0 aliphatic carbocycles. The van der Waals surface area contributed by atoms with Crippen LogP contribution >= 0.6 is 0 Å². The van der Waals surface area contributed by atoms with E-state index in [9.17, 15) is 4.79 Å². The number of nitrogens with zero attached hydrogens (tertiary/aromatic N) is 2. The van der Waals surface area contributed by atoms with Gasteiger partial charge < -0.3 is 10.1 Å². The summed E-state index contributed by atoms with van der Waals surface area (Å²) in [7, 11) is 1.55. The summed E-state index contributed by atoms with van der Waals surface area (Å²) in [5.74, 6) is 0.159. The lowest BCUT2D eigenvalue weighted by atomic mass is 10.1. The van der Waals surface area contributed by atoms with Crippen molar-refractivity contribution in [3.8, 4) is 11.8 Å². The number of hydrogen-bond acceptors (Lipinski definition) is 4. The van der Waals surface area contributed by atoms with E-state index in [4.69, 9.17) is 10.00 Å². The van der Waals surface area contributed by atoms with Crippen molar-refractivity contribution in [2.24, 2.45) is 0 Å². The second-order valence-electron chi connectivity index (χ2n) is 4.14. The molecule has 0 spiro atoms. The van der Waals surface area contributed by atoms with Gasteiger partial charge >= 0.3 is 0 Å². The van der Waals surface area contributed by atoms with Crippen LogP contribution in [0.2, 0.25) is 0 Å². The zero-order valence-electron chi connectivity index (χ0n) is 11.4. The molecule has 1 aromatic carbocycles. The molecule has 0 bridgehead atoms. The van der Waals surface area contributed by atoms with E-state index in [0.717, 1.165) is 5.56 Å². The van der Waals surface area contributed by atoms with E-state index >= 15 is 0 Å². The summed E-state index contributed by atoms with van der Waals surface area (Å²) >= 11 is 0. The van der Waals surface area contributed by atoms with Gasteiger partial charge in [0.1, 0.15) is 17.4 Å². The van der Waals surface area contributed by atoms with E-state index in [1.54, 1.807) is 55.9 Å². The van der Waals surface area contributed by atoms with Crippen LogP contribution in [-0.4, -0.2) is 18.0 Å². The van der Waals surface area contributed by atoms with Gasteiger partial charge in [-0.05, 0) is 35.9 Å². The Morgan fingerprint density at radius 3 is 2.76 bits per heavy atom. The highest BCUT2D eigenvalue weighted by Crippen LogP contribution is 2.17. The second kappa shape index (κ2) is 6.87. The Balaban J connectivity index is 2.18. The minimum atomic E-state index is -0.470. The number of hydrogen-bond donors (Lipinski definition) is 1. The van der Waals surface area contributed by atoms with Gasteiger partial charge in [0, 0.05) is 24.1 Å². The van der Waals surface area contributed by atoms with Crippen LogP contribution in [0.15, 0.2) is 54.4 Å². The average molecular weight is 279 g/mol. The van der Waals surface area contributed by atoms with Crippen LogP contribution in [0.25, 0.3) is 6.08 Å². The number of pyridine rings is 1. The molecule has 21 heavy (non-hydrogen) atoms. The molecule has 104 valence electrons. The minimum Gasteiger partial charge on any atom is -0.497 e. The average Bonchev–Trinajstić information content (AvgIpc) is 2.53. The topological polar surface area (TPSA) is 75.0 Å². The third-order valence-electron chi connectivity index (χ3n) is 2.71. The Hall–Kier alpha value is -3.13. The third-order valence-corrected chi connectivity index (χ3v) is 2.71. The Kier molecular flexibility index (Phi) is 4.67. The molecule has 0 radical (unpaired) electrons. The van der Waals surface area contributed by atoms with E-state index in [-0.39, 0.29) is 5.57 Å². The first-order chi connectivity index (χ1) is 10.2. The molecule has 1 heterocycles. The Morgan fingerprint density at radius 1 is 1.33 bits per heavy atom. The number of carbonyl (C=O) groups is 1. The summed E-state index contributed by atoms with van der Waals surface area (Å²) in [5.41, 5.74) is 1.32. The summed E-state index contributed by atoms with van der Waals surface area (Å²) in [6.07, 6.45) is 4.71.